The molecule has 24 heavy (non-hydrogen) atoms. The zero-order chi connectivity index (χ0) is 17.5. The minimum Gasteiger partial charge on any atom is -0.379 e. The van der Waals surface area contributed by atoms with Gasteiger partial charge in [0, 0.05) is 37.9 Å². The average Bonchev–Trinajstić information content (AvgIpc) is 2.52. The van der Waals surface area contributed by atoms with E-state index in [0.29, 0.717) is 19.6 Å². The Balaban J connectivity index is 2.01. The molecule has 1 aliphatic rings. The van der Waals surface area contributed by atoms with Gasteiger partial charge in [0.2, 0.25) is 11.8 Å². The van der Waals surface area contributed by atoms with Crippen molar-refractivity contribution in [1.29, 1.82) is 0 Å². The molecule has 2 rings (SSSR count). The normalized spacial score (nSPS) is 18.1. The fraction of sp³-hybridized carbons (Fsp3) is 0.556. The highest BCUT2D eigenvalue weighted by Gasteiger charge is 2.29. The Kier molecular flexibility index (Phi) is 7.12. The van der Waals surface area contributed by atoms with Crippen molar-refractivity contribution < 1.29 is 14.3 Å². The SMILES string of the molecule is CC(=O)Nc1ccc(C2SCCC(=O)N2CCCOC(C)C)cc1. The molecule has 1 atom stereocenters. The number of benzene rings is 1. The zero-order valence-corrected chi connectivity index (χ0v) is 15.4. The molecule has 1 aromatic carbocycles. The van der Waals surface area contributed by atoms with Gasteiger partial charge in [-0.15, -0.1) is 11.8 Å². The van der Waals surface area contributed by atoms with Crippen molar-refractivity contribution in [3.63, 3.8) is 0 Å². The molecule has 1 aromatic rings. The summed E-state index contributed by atoms with van der Waals surface area (Å²) in [7, 11) is 0. The van der Waals surface area contributed by atoms with Crippen LogP contribution in [0.3, 0.4) is 0 Å². The Morgan fingerprint density at radius 3 is 2.71 bits per heavy atom. The van der Waals surface area contributed by atoms with Crippen LogP contribution in [0.2, 0.25) is 0 Å². The molecule has 1 unspecified atom stereocenters. The number of hydrogen-bond acceptors (Lipinski definition) is 4. The molecule has 1 N–H and O–H groups in total. The second kappa shape index (κ2) is 9.08. The number of nitrogens with one attached hydrogen (secondary N) is 1. The predicted octanol–water partition coefficient (Wildman–Crippen LogP) is 3.42. The highest BCUT2D eigenvalue weighted by atomic mass is 32.2. The van der Waals surface area contributed by atoms with Crippen molar-refractivity contribution in [2.75, 3.05) is 24.2 Å². The summed E-state index contributed by atoms with van der Waals surface area (Å²) in [6, 6.07) is 7.74. The lowest BCUT2D eigenvalue weighted by molar-refractivity contribution is -0.132. The molecule has 1 fully saturated rings. The Morgan fingerprint density at radius 1 is 1.38 bits per heavy atom. The van der Waals surface area contributed by atoms with E-state index in [1.165, 1.54) is 6.92 Å². The number of rotatable bonds is 7. The van der Waals surface area contributed by atoms with Gasteiger partial charge in [-0.05, 0) is 38.0 Å². The Bertz CT molecular complexity index is 560. The van der Waals surface area contributed by atoms with Gasteiger partial charge in [0.05, 0.1) is 6.10 Å². The molecule has 1 heterocycles. The summed E-state index contributed by atoms with van der Waals surface area (Å²) >= 11 is 1.79. The second-order valence-corrected chi connectivity index (χ2v) is 7.32. The van der Waals surface area contributed by atoms with E-state index in [4.69, 9.17) is 4.74 Å². The molecule has 0 aromatic heterocycles. The summed E-state index contributed by atoms with van der Waals surface area (Å²) in [6.45, 7) is 6.89. The van der Waals surface area contributed by atoms with Gasteiger partial charge in [-0.2, -0.15) is 0 Å². The summed E-state index contributed by atoms with van der Waals surface area (Å²) in [4.78, 5) is 25.4. The van der Waals surface area contributed by atoms with Crippen molar-refractivity contribution in [3.05, 3.63) is 29.8 Å². The highest BCUT2D eigenvalue weighted by Crippen LogP contribution is 2.37. The van der Waals surface area contributed by atoms with E-state index in [2.05, 4.69) is 5.32 Å². The zero-order valence-electron chi connectivity index (χ0n) is 14.6. The van der Waals surface area contributed by atoms with Crippen LogP contribution in [0.25, 0.3) is 0 Å². The van der Waals surface area contributed by atoms with Crippen LogP contribution in [-0.4, -0.2) is 41.7 Å². The molecule has 0 bridgehead atoms. The van der Waals surface area contributed by atoms with Crippen molar-refractivity contribution in [1.82, 2.24) is 4.90 Å². The van der Waals surface area contributed by atoms with E-state index in [1.807, 2.05) is 43.0 Å². The summed E-state index contributed by atoms with van der Waals surface area (Å²) in [5.41, 5.74) is 1.86. The van der Waals surface area contributed by atoms with Crippen LogP contribution in [-0.2, 0) is 14.3 Å². The van der Waals surface area contributed by atoms with E-state index in [9.17, 15) is 9.59 Å². The number of thioether (sulfide) groups is 1. The van der Waals surface area contributed by atoms with E-state index >= 15 is 0 Å². The van der Waals surface area contributed by atoms with Crippen LogP contribution >= 0.6 is 11.8 Å². The summed E-state index contributed by atoms with van der Waals surface area (Å²) in [6.07, 6.45) is 1.65. The van der Waals surface area contributed by atoms with Crippen LogP contribution in [0.1, 0.15) is 44.6 Å². The number of ether oxygens (including phenoxy) is 1. The third-order valence-electron chi connectivity index (χ3n) is 3.71. The highest BCUT2D eigenvalue weighted by molar-refractivity contribution is 7.99. The quantitative estimate of drug-likeness (QED) is 0.766. The standard InChI is InChI=1S/C18H26N2O3S/c1-13(2)23-11-4-10-20-17(22)9-12-24-18(20)15-5-7-16(8-6-15)19-14(3)21/h5-8,13,18H,4,9-12H2,1-3H3,(H,19,21). The first-order valence-electron chi connectivity index (χ1n) is 8.37. The smallest absolute Gasteiger partial charge is 0.224 e. The molecule has 6 heteroatoms. The predicted molar refractivity (Wildman–Crippen MR) is 98.0 cm³/mol. The lowest BCUT2D eigenvalue weighted by Gasteiger charge is -2.35. The average molecular weight is 350 g/mol. The van der Waals surface area contributed by atoms with Gasteiger partial charge in [-0.1, -0.05) is 12.1 Å². The maximum absolute atomic E-state index is 12.3. The number of hydrogen-bond donors (Lipinski definition) is 1. The van der Waals surface area contributed by atoms with Crippen molar-refractivity contribution in [2.24, 2.45) is 0 Å². The van der Waals surface area contributed by atoms with Gasteiger partial charge in [0.1, 0.15) is 5.37 Å². The van der Waals surface area contributed by atoms with Crippen LogP contribution in [0.5, 0.6) is 0 Å². The van der Waals surface area contributed by atoms with E-state index in [-0.39, 0.29) is 23.3 Å². The maximum Gasteiger partial charge on any atom is 0.224 e. The van der Waals surface area contributed by atoms with E-state index < -0.39 is 0 Å². The van der Waals surface area contributed by atoms with E-state index in [0.717, 1.165) is 23.4 Å². The van der Waals surface area contributed by atoms with E-state index in [1.54, 1.807) is 11.8 Å². The van der Waals surface area contributed by atoms with Gasteiger partial charge in [-0.25, -0.2) is 0 Å². The van der Waals surface area contributed by atoms with Crippen LogP contribution in [0, 0.1) is 0 Å². The first-order valence-corrected chi connectivity index (χ1v) is 9.42. The van der Waals surface area contributed by atoms with Crippen LogP contribution in [0.4, 0.5) is 5.69 Å². The number of nitrogens with zero attached hydrogens (tertiary/aromatic N) is 1. The molecule has 0 radical (unpaired) electrons. The molecule has 2 amide bonds. The Morgan fingerprint density at radius 2 is 2.08 bits per heavy atom. The molecule has 132 valence electrons. The second-order valence-electron chi connectivity index (χ2n) is 6.14. The lowest BCUT2D eigenvalue weighted by atomic mass is 10.1. The van der Waals surface area contributed by atoms with Gasteiger partial charge >= 0.3 is 0 Å². The van der Waals surface area contributed by atoms with Crippen LogP contribution in [0.15, 0.2) is 24.3 Å². The summed E-state index contributed by atoms with van der Waals surface area (Å²) < 4.78 is 5.58. The van der Waals surface area contributed by atoms with Crippen molar-refractivity contribution in [2.45, 2.75) is 45.1 Å². The van der Waals surface area contributed by atoms with Crippen molar-refractivity contribution in [3.8, 4) is 0 Å². The van der Waals surface area contributed by atoms with Gasteiger partial charge in [0.25, 0.3) is 0 Å². The lowest BCUT2D eigenvalue weighted by Crippen LogP contribution is -2.38. The Labute approximate surface area is 148 Å². The van der Waals surface area contributed by atoms with Gasteiger partial charge in [-0.3, -0.25) is 9.59 Å². The molecule has 0 saturated carbocycles. The number of carbonyl (C=O) groups is 2. The molecule has 0 aliphatic carbocycles. The third-order valence-corrected chi connectivity index (χ3v) is 4.99. The number of amides is 2. The molecule has 5 nitrogen and oxygen atoms in total. The monoisotopic (exact) mass is 350 g/mol. The van der Waals surface area contributed by atoms with Gasteiger partial charge in [0.15, 0.2) is 0 Å². The molecule has 1 saturated heterocycles. The number of anilines is 1. The fourth-order valence-corrected chi connectivity index (χ4v) is 3.90. The molecular weight excluding hydrogens is 324 g/mol. The van der Waals surface area contributed by atoms with Crippen molar-refractivity contribution >= 4 is 29.3 Å². The largest absolute Gasteiger partial charge is 0.379 e. The molecule has 1 aliphatic heterocycles. The topological polar surface area (TPSA) is 58.6 Å². The first-order chi connectivity index (χ1) is 11.5. The number of carbonyl (C=O) groups excluding carboxylic acids is 2. The van der Waals surface area contributed by atoms with Crippen LogP contribution < -0.4 is 5.32 Å². The Hall–Kier alpha value is -1.53. The molecule has 0 spiro atoms. The minimum absolute atomic E-state index is 0.0386. The first kappa shape index (κ1) is 18.8. The summed E-state index contributed by atoms with van der Waals surface area (Å²) in [5, 5.41) is 2.80. The summed E-state index contributed by atoms with van der Waals surface area (Å²) in [5.74, 6) is 0.960. The fourth-order valence-electron chi connectivity index (χ4n) is 2.63. The minimum atomic E-state index is -0.0863. The maximum atomic E-state index is 12.3. The van der Waals surface area contributed by atoms with Gasteiger partial charge < -0.3 is 15.0 Å². The molecular formula is C18H26N2O3S. The third kappa shape index (κ3) is 5.53.